The monoisotopic (exact) mass is 262 g/mol. The lowest BCUT2D eigenvalue weighted by Crippen LogP contribution is -2.38. The van der Waals surface area contributed by atoms with Crippen molar-refractivity contribution < 1.29 is 4.79 Å². The zero-order valence-electron chi connectivity index (χ0n) is 8.92. The molecule has 1 amide bonds. The van der Waals surface area contributed by atoms with Crippen LogP contribution in [0.4, 0.5) is 0 Å². The predicted molar refractivity (Wildman–Crippen MR) is 61.7 cm³/mol. The van der Waals surface area contributed by atoms with Crippen LogP contribution >= 0.6 is 15.9 Å². The topological polar surface area (TPSA) is 32.3 Å². The highest BCUT2D eigenvalue weighted by atomic mass is 79.9. The van der Waals surface area contributed by atoms with Gasteiger partial charge in [0.25, 0.3) is 0 Å². The first-order valence-electron chi connectivity index (χ1n) is 5.31. The molecule has 14 heavy (non-hydrogen) atoms. The Morgan fingerprint density at radius 3 is 2.71 bits per heavy atom. The van der Waals surface area contributed by atoms with E-state index in [9.17, 15) is 4.79 Å². The van der Waals surface area contributed by atoms with Gasteiger partial charge in [0.05, 0.1) is 4.83 Å². The summed E-state index contributed by atoms with van der Waals surface area (Å²) in [6.45, 7) is 6.84. The molecule has 0 aliphatic heterocycles. The molecule has 1 atom stereocenters. The summed E-state index contributed by atoms with van der Waals surface area (Å²) in [7, 11) is 0. The number of halogens is 1. The molecule has 1 aliphatic carbocycles. The highest BCUT2D eigenvalue weighted by Crippen LogP contribution is 2.25. The fraction of sp³-hybridized carbons (Fsp3) is 0.900. The van der Waals surface area contributed by atoms with Crippen LogP contribution in [0.2, 0.25) is 0 Å². The molecule has 0 saturated heterocycles. The summed E-state index contributed by atoms with van der Waals surface area (Å²) >= 11 is 3.24. The molecular formula is C10H19BrN2O. The maximum atomic E-state index is 11.2. The Balaban J connectivity index is 2.09. The molecule has 0 aromatic heterocycles. The maximum absolute atomic E-state index is 11.2. The van der Waals surface area contributed by atoms with Gasteiger partial charge >= 0.3 is 0 Å². The van der Waals surface area contributed by atoms with Gasteiger partial charge in [0.1, 0.15) is 0 Å². The lowest BCUT2D eigenvalue weighted by atomic mass is 10.4. The minimum absolute atomic E-state index is 0.0804. The second kappa shape index (κ2) is 5.71. The second-order valence-electron chi connectivity index (χ2n) is 3.77. The van der Waals surface area contributed by atoms with Gasteiger partial charge in [-0.3, -0.25) is 9.69 Å². The van der Waals surface area contributed by atoms with Crippen molar-refractivity contribution in [2.45, 2.75) is 37.6 Å². The number of rotatable bonds is 6. The van der Waals surface area contributed by atoms with Crippen molar-refractivity contribution >= 4 is 21.8 Å². The van der Waals surface area contributed by atoms with Gasteiger partial charge in [0.15, 0.2) is 0 Å². The summed E-state index contributed by atoms with van der Waals surface area (Å²) in [4.78, 5) is 13.6. The molecule has 1 fully saturated rings. The Morgan fingerprint density at radius 2 is 2.29 bits per heavy atom. The summed E-state index contributed by atoms with van der Waals surface area (Å²) in [5.74, 6) is 0.0804. The third kappa shape index (κ3) is 3.96. The van der Waals surface area contributed by atoms with Gasteiger partial charge < -0.3 is 5.32 Å². The van der Waals surface area contributed by atoms with Crippen molar-refractivity contribution in [2.75, 3.05) is 19.6 Å². The molecule has 1 aliphatic rings. The molecule has 0 aromatic carbocycles. The summed E-state index contributed by atoms with van der Waals surface area (Å²) in [6, 6.07) is 0.790. The molecule has 82 valence electrons. The molecule has 0 spiro atoms. The van der Waals surface area contributed by atoms with E-state index in [1.807, 2.05) is 6.92 Å². The smallest absolute Gasteiger partial charge is 0.233 e. The van der Waals surface area contributed by atoms with Crippen LogP contribution in [0.5, 0.6) is 0 Å². The number of alkyl halides is 1. The number of likely N-dealkylation sites (N-methyl/N-ethyl adjacent to an activating group) is 1. The van der Waals surface area contributed by atoms with Gasteiger partial charge in [-0.1, -0.05) is 22.9 Å². The molecule has 3 nitrogen and oxygen atoms in total. The van der Waals surface area contributed by atoms with E-state index in [1.165, 1.54) is 12.8 Å². The van der Waals surface area contributed by atoms with E-state index < -0.39 is 0 Å². The van der Waals surface area contributed by atoms with E-state index in [2.05, 4.69) is 33.1 Å². The van der Waals surface area contributed by atoms with Gasteiger partial charge in [-0.2, -0.15) is 0 Å². The fourth-order valence-electron chi connectivity index (χ4n) is 1.50. The molecule has 1 rings (SSSR count). The summed E-state index contributed by atoms with van der Waals surface area (Å²) in [5.41, 5.74) is 0. The standard InChI is InChI=1S/C10H19BrN2O/c1-3-13(9-4-5-9)7-6-12-10(14)8(2)11/h8-9H,3-7H2,1-2H3,(H,12,14). The van der Waals surface area contributed by atoms with E-state index in [4.69, 9.17) is 0 Å². The second-order valence-corrected chi connectivity index (χ2v) is 5.14. The van der Waals surface area contributed by atoms with Crippen LogP contribution < -0.4 is 5.32 Å². The van der Waals surface area contributed by atoms with Crippen molar-refractivity contribution in [2.24, 2.45) is 0 Å². The number of amides is 1. The van der Waals surface area contributed by atoms with Crippen LogP contribution in [-0.4, -0.2) is 41.3 Å². The highest BCUT2D eigenvalue weighted by Gasteiger charge is 2.27. The first-order valence-corrected chi connectivity index (χ1v) is 6.22. The molecule has 0 radical (unpaired) electrons. The number of hydrogen-bond donors (Lipinski definition) is 1. The molecule has 1 N–H and O–H groups in total. The van der Waals surface area contributed by atoms with Crippen molar-refractivity contribution in [3.63, 3.8) is 0 Å². The quantitative estimate of drug-likeness (QED) is 0.734. The van der Waals surface area contributed by atoms with Crippen molar-refractivity contribution in [1.82, 2.24) is 10.2 Å². The van der Waals surface area contributed by atoms with Crippen LogP contribution in [0.3, 0.4) is 0 Å². The van der Waals surface area contributed by atoms with Gasteiger partial charge in [-0.05, 0) is 26.3 Å². The summed E-state index contributed by atoms with van der Waals surface area (Å²) in [6.07, 6.45) is 2.66. The summed E-state index contributed by atoms with van der Waals surface area (Å²) in [5, 5.41) is 2.90. The zero-order valence-corrected chi connectivity index (χ0v) is 10.5. The third-order valence-electron chi connectivity index (χ3n) is 2.53. The zero-order chi connectivity index (χ0) is 10.6. The van der Waals surface area contributed by atoms with E-state index >= 15 is 0 Å². The Hall–Kier alpha value is -0.0900. The minimum atomic E-state index is -0.0847. The van der Waals surface area contributed by atoms with Crippen LogP contribution in [0.15, 0.2) is 0 Å². The lowest BCUT2D eigenvalue weighted by molar-refractivity contribution is -0.120. The van der Waals surface area contributed by atoms with Crippen LogP contribution in [-0.2, 0) is 4.79 Å². The molecular weight excluding hydrogens is 244 g/mol. The fourth-order valence-corrected chi connectivity index (χ4v) is 1.66. The van der Waals surface area contributed by atoms with Gasteiger partial charge in [-0.25, -0.2) is 0 Å². The Bertz CT molecular complexity index is 193. The van der Waals surface area contributed by atoms with Crippen LogP contribution in [0.25, 0.3) is 0 Å². The van der Waals surface area contributed by atoms with E-state index in [0.717, 1.165) is 25.7 Å². The normalized spacial score (nSPS) is 18.3. The van der Waals surface area contributed by atoms with Gasteiger partial charge in [0.2, 0.25) is 5.91 Å². The average Bonchev–Trinajstić information content (AvgIpc) is 2.95. The van der Waals surface area contributed by atoms with Gasteiger partial charge in [0, 0.05) is 19.1 Å². The molecule has 1 unspecified atom stereocenters. The Kier molecular flexibility index (Phi) is 4.89. The number of hydrogen-bond acceptors (Lipinski definition) is 2. The molecule has 4 heteroatoms. The van der Waals surface area contributed by atoms with Crippen molar-refractivity contribution in [3.8, 4) is 0 Å². The number of nitrogens with one attached hydrogen (secondary N) is 1. The Labute approximate surface area is 94.4 Å². The molecule has 1 saturated carbocycles. The molecule has 0 heterocycles. The number of carbonyl (C=O) groups excluding carboxylic acids is 1. The molecule has 0 aromatic rings. The lowest BCUT2D eigenvalue weighted by Gasteiger charge is -2.19. The first kappa shape index (κ1) is 12.0. The number of nitrogens with zero attached hydrogens (tertiary/aromatic N) is 1. The van der Waals surface area contributed by atoms with Crippen molar-refractivity contribution in [3.05, 3.63) is 0 Å². The SMILES string of the molecule is CCN(CCNC(=O)C(C)Br)C1CC1. The maximum Gasteiger partial charge on any atom is 0.233 e. The van der Waals surface area contributed by atoms with E-state index in [0.29, 0.717) is 0 Å². The highest BCUT2D eigenvalue weighted by molar-refractivity contribution is 9.10. The number of carbonyl (C=O) groups is 1. The average molecular weight is 263 g/mol. The van der Waals surface area contributed by atoms with E-state index in [-0.39, 0.29) is 10.7 Å². The largest absolute Gasteiger partial charge is 0.354 e. The van der Waals surface area contributed by atoms with Crippen LogP contribution in [0.1, 0.15) is 26.7 Å². The summed E-state index contributed by atoms with van der Waals surface area (Å²) < 4.78 is 0. The van der Waals surface area contributed by atoms with Crippen molar-refractivity contribution in [1.29, 1.82) is 0 Å². The first-order chi connectivity index (χ1) is 6.65. The molecule has 0 bridgehead atoms. The van der Waals surface area contributed by atoms with E-state index in [1.54, 1.807) is 0 Å². The Morgan fingerprint density at radius 1 is 1.64 bits per heavy atom. The minimum Gasteiger partial charge on any atom is -0.354 e. The van der Waals surface area contributed by atoms with Gasteiger partial charge in [-0.15, -0.1) is 0 Å². The third-order valence-corrected chi connectivity index (χ3v) is 2.94. The predicted octanol–water partition coefficient (Wildman–Crippen LogP) is 1.37. The van der Waals surface area contributed by atoms with Crippen LogP contribution in [0, 0.1) is 0 Å².